The Morgan fingerprint density at radius 1 is 1.10 bits per heavy atom. The molecule has 0 N–H and O–H groups in total. The van der Waals surface area contributed by atoms with Crippen molar-refractivity contribution in [1.29, 1.82) is 0 Å². The molecule has 2 aromatic rings. The molecule has 0 saturated heterocycles. The first-order chi connectivity index (χ1) is 13.4. The lowest BCUT2D eigenvalue weighted by Crippen LogP contribution is -2.38. The minimum atomic E-state index is -6.07. The van der Waals surface area contributed by atoms with Gasteiger partial charge in [0, 0.05) is 20.5 Å². The van der Waals surface area contributed by atoms with Gasteiger partial charge in [0.1, 0.15) is 0 Å². The second kappa shape index (κ2) is 8.24. The quantitative estimate of drug-likeness (QED) is 0.301. The monoisotopic (exact) mass is 434 g/mol. The minimum Gasteiger partial charge on any atom is -0.352 e. The van der Waals surface area contributed by atoms with E-state index < -0.39 is 44.0 Å². The van der Waals surface area contributed by atoms with Crippen LogP contribution in [0.4, 0.5) is 13.2 Å². The van der Waals surface area contributed by atoms with Gasteiger partial charge in [0.15, 0.2) is 16.9 Å². The first-order valence-electron chi connectivity index (χ1n) is 8.38. The molecule has 0 aliphatic heterocycles. The van der Waals surface area contributed by atoms with Crippen LogP contribution >= 0.6 is 0 Å². The number of nitrogens with zero attached hydrogens (tertiary/aromatic N) is 4. The molecule has 2 rings (SSSR count). The molecule has 0 unspecified atom stereocenters. The number of hydrogen-bond donors (Lipinski definition) is 0. The standard InChI is InChI=1S/C16H17F3N4O5S/c1-4-5-6-7-8-9-10-13(28-29(26,27)16(17,18)19)21-11-12(20-10)22(2)15(25)23(3)14(11)24/h4-7H2,1-3H3. The summed E-state index contributed by atoms with van der Waals surface area (Å²) in [4.78, 5) is 31.8. The van der Waals surface area contributed by atoms with E-state index in [4.69, 9.17) is 0 Å². The van der Waals surface area contributed by atoms with Crippen molar-refractivity contribution in [3.63, 3.8) is 0 Å². The normalized spacial score (nSPS) is 11.9. The molecule has 0 aromatic carbocycles. The largest absolute Gasteiger partial charge is 0.534 e. The summed E-state index contributed by atoms with van der Waals surface area (Å²) in [5.74, 6) is 3.97. The molecular weight excluding hydrogens is 417 g/mol. The third kappa shape index (κ3) is 4.58. The summed E-state index contributed by atoms with van der Waals surface area (Å²) in [7, 11) is -3.68. The molecule has 2 aromatic heterocycles. The van der Waals surface area contributed by atoms with Gasteiger partial charge >= 0.3 is 21.3 Å². The van der Waals surface area contributed by atoms with Crippen LogP contribution in [0.1, 0.15) is 38.3 Å². The minimum absolute atomic E-state index is 0.271. The van der Waals surface area contributed by atoms with Crippen molar-refractivity contribution in [2.45, 2.75) is 38.1 Å². The Morgan fingerprint density at radius 3 is 2.34 bits per heavy atom. The fraction of sp³-hybridized carbons (Fsp3) is 0.500. The van der Waals surface area contributed by atoms with Gasteiger partial charge in [0.25, 0.3) is 11.4 Å². The van der Waals surface area contributed by atoms with E-state index in [1.807, 2.05) is 6.92 Å². The van der Waals surface area contributed by atoms with Gasteiger partial charge in [-0.2, -0.15) is 21.6 Å². The predicted molar refractivity (Wildman–Crippen MR) is 96.6 cm³/mol. The zero-order chi connectivity index (χ0) is 22.0. The van der Waals surface area contributed by atoms with E-state index in [9.17, 15) is 31.2 Å². The second-order valence-corrected chi connectivity index (χ2v) is 7.54. The molecule has 0 amide bonds. The lowest BCUT2D eigenvalue weighted by molar-refractivity contribution is -0.0501. The van der Waals surface area contributed by atoms with Gasteiger partial charge in [0.05, 0.1) is 0 Å². The third-order valence-electron chi connectivity index (χ3n) is 3.83. The van der Waals surface area contributed by atoms with Gasteiger partial charge in [-0.1, -0.05) is 25.7 Å². The van der Waals surface area contributed by atoms with Gasteiger partial charge < -0.3 is 4.18 Å². The highest BCUT2D eigenvalue weighted by molar-refractivity contribution is 7.87. The molecule has 158 valence electrons. The van der Waals surface area contributed by atoms with Crippen molar-refractivity contribution in [2.24, 2.45) is 14.1 Å². The molecular formula is C16H17F3N4O5S. The summed E-state index contributed by atoms with van der Waals surface area (Å²) in [5.41, 5.74) is -8.80. The number of unbranched alkanes of at least 4 members (excludes halogenated alkanes) is 3. The summed E-state index contributed by atoms with van der Waals surface area (Å²) < 4.78 is 66.6. The van der Waals surface area contributed by atoms with Gasteiger partial charge in [-0.25, -0.2) is 14.8 Å². The van der Waals surface area contributed by atoms with Crippen molar-refractivity contribution in [3.8, 4) is 17.7 Å². The summed E-state index contributed by atoms with van der Waals surface area (Å²) in [5, 5.41) is 0. The molecule has 0 aliphatic rings. The van der Waals surface area contributed by atoms with Crippen molar-refractivity contribution in [2.75, 3.05) is 0 Å². The lowest BCUT2D eigenvalue weighted by Gasteiger charge is -2.11. The molecule has 2 heterocycles. The number of aromatic nitrogens is 4. The third-order valence-corrected chi connectivity index (χ3v) is 4.77. The van der Waals surface area contributed by atoms with Crippen molar-refractivity contribution in [3.05, 3.63) is 26.5 Å². The van der Waals surface area contributed by atoms with Crippen molar-refractivity contribution < 1.29 is 25.8 Å². The average molecular weight is 434 g/mol. The van der Waals surface area contributed by atoms with Crippen molar-refractivity contribution in [1.82, 2.24) is 19.1 Å². The van der Waals surface area contributed by atoms with E-state index in [0.29, 0.717) is 17.4 Å². The number of halogens is 3. The number of fused-ring (bicyclic) bond motifs is 1. The highest BCUT2D eigenvalue weighted by atomic mass is 32.2. The highest BCUT2D eigenvalue weighted by Crippen LogP contribution is 2.27. The highest BCUT2D eigenvalue weighted by Gasteiger charge is 2.49. The topological polar surface area (TPSA) is 113 Å². The number of hydrogen-bond acceptors (Lipinski definition) is 7. The van der Waals surface area contributed by atoms with Crippen LogP contribution in [0.3, 0.4) is 0 Å². The van der Waals surface area contributed by atoms with Gasteiger partial charge in [-0.15, -0.1) is 0 Å². The molecule has 0 aliphatic carbocycles. The molecule has 0 fully saturated rings. The van der Waals surface area contributed by atoms with E-state index in [1.54, 1.807) is 0 Å². The van der Waals surface area contributed by atoms with E-state index in [0.717, 1.165) is 24.5 Å². The summed E-state index contributed by atoms with van der Waals surface area (Å²) >= 11 is 0. The van der Waals surface area contributed by atoms with Crippen LogP contribution in [0.15, 0.2) is 9.59 Å². The molecule has 0 saturated carbocycles. The number of rotatable bonds is 5. The van der Waals surface area contributed by atoms with Gasteiger partial charge in [-0.05, 0) is 12.3 Å². The zero-order valence-electron chi connectivity index (χ0n) is 15.7. The summed E-state index contributed by atoms with van der Waals surface area (Å²) in [6.07, 6.45) is 2.87. The van der Waals surface area contributed by atoms with Crippen LogP contribution < -0.4 is 15.4 Å². The predicted octanol–water partition coefficient (Wildman–Crippen LogP) is 1.19. The average Bonchev–Trinajstić information content (AvgIpc) is 2.64. The SMILES string of the molecule is CCCCCC#Cc1nc2c(nc1OS(=O)(=O)C(F)(F)F)c(=O)n(C)c(=O)n2C. The van der Waals surface area contributed by atoms with E-state index in [-0.39, 0.29) is 5.65 Å². The fourth-order valence-electron chi connectivity index (χ4n) is 2.25. The Labute approximate surface area is 163 Å². The maximum absolute atomic E-state index is 12.7. The van der Waals surface area contributed by atoms with Crippen LogP contribution in [0.5, 0.6) is 5.88 Å². The van der Waals surface area contributed by atoms with Crippen molar-refractivity contribution >= 4 is 21.3 Å². The Kier molecular flexibility index (Phi) is 6.37. The molecule has 0 bridgehead atoms. The Balaban J connectivity index is 2.73. The Hall–Kier alpha value is -2.88. The van der Waals surface area contributed by atoms with Gasteiger partial charge in [-0.3, -0.25) is 13.9 Å². The molecule has 0 radical (unpaired) electrons. The Bertz CT molecular complexity index is 1220. The van der Waals surface area contributed by atoms with Crippen LogP contribution in [-0.2, 0) is 24.2 Å². The van der Waals surface area contributed by atoms with Crippen LogP contribution in [-0.4, -0.2) is 33.0 Å². The maximum atomic E-state index is 12.7. The number of aryl methyl sites for hydroxylation is 1. The first-order valence-corrected chi connectivity index (χ1v) is 9.79. The van der Waals surface area contributed by atoms with E-state index in [1.165, 1.54) is 7.05 Å². The van der Waals surface area contributed by atoms with Crippen LogP contribution in [0.2, 0.25) is 0 Å². The first kappa shape index (κ1) is 22.4. The second-order valence-electron chi connectivity index (χ2n) is 6.00. The fourth-order valence-corrected chi connectivity index (χ4v) is 2.67. The van der Waals surface area contributed by atoms with Gasteiger partial charge in [0.2, 0.25) is 0 Å². The summed E-state index contributed by atoms with van der Waals surface area (Å²) in [6, 6.07) is 0. The zero-order valence-corrected chi connectivity index (χ0v) is 16.5. The smallest absolute Gasteiger partial charge is 0.352 e. The van der Waals surface area contributed by atoms with E-state index >= 15 is 0 Å². The number of alkyl halides is 3. The van der Waals surface area contributed by atoms with Crippen LogP contribution in [0, 0.1) is 11.8 Å². The summed E-state index contributed by atoms with van der Waals surface area (Å²) in [6.45, 7) is 1.97. The molecule has 29 heavy (non-hydrogen) atoms. The Morgan fingerprint density at radius 2 is 1.76 bits per heavy atom. The van der Waals surface area contributed by atoms with E-state index in [2.05, 4.69) is 26.0 Å². The molecule has 0 atom stereocenters. The maximum Gasteiger partial charge on any atom is 0.534 e. The lowest BCUT2D eigenvalue weighted by atomic mass is 10.2. The van der Waals surface area contributed by atoms with Crippen LogP contribution in [0.25, 0.3) is 11.2 Å². The molecule has 0 spiro atoms. The molecule has 13 heteroatoms. The molecule has 9 nitrogen and oxygen atoms in total.